The summed E-state index contributed by atoms with van der Waals surface area (Å²) in [5.74, 6) is -0.309. The Labute approximate surface area is 125 Å². The number of benzene rings is 1. The van der Waals surface area contributed by atoms with Gasteiger partial charge >= 0.3 is 6.09 Å². The van der Waals surface area contributed by atoms with Crippen molar-refractivity contribution in [2.24, 2.45) is 0 Å². The van der Waals surface area contributed by atoms with Gasteiger partial charge < -0.3 is 10.1 Å². The Bertz CT molecular complexity index is 450. The molecule has 0 saturated heterocycles. The molecule has 0 saturated carbocycles. The molecule has 1 aromatic rings. The van der Waals surface area contributed by atoms with Gasteiger partial charge in [-0.2, -0.15) is 0 Å². The number of ether oxygens (including phenoxy) is 1. The average Bonchev–Trinajstić information content (AvgIpc) is 2.52. The third-order valence-corrected chi connectivity index (χ3v) is 2.96. The highest BCUT2D eigenvalue weighted by molar-refractivity contribution is 5.84. The number of hydroxylamine groups is 2. The largest absolute Gasteiger partial charge is 0.445 e. The first-order valence-corrected chi connectivity index (χ1v) is 6.87. The van der Waals surface area contributed by atoms with Crippen LogP contribution >= 0.6 is 0 Å². The Morgan fingerprint density at radius 3 is 2.52 bits per heavy atom. The standard InChI is InChI=1S/C15H22N2O4/c1-4-8-13(14(18)17(2)20-3)16-15(19)21-11-12-9-6-5-7-10-12/h5-7,9-10,13H,4,8,11H2,1-3H3,(H,16,19)/t13-/m0/s1. The Morgan fingerprint density at radius 2 is 1.95 bits per heavy atom. The first-order chi connectivity index (χ1) is 10.1. The zero-order valence-electron chi connectivity index (χ0n) is 12.7. The van der Waals surface area contributed by atoms with Gasteiger partial charge in [0, 0.05) is 7.05 Å². The van der Waals surface area contributed by atoms with Crippen molar-refractivity contribution in [1.82, 2.24) is 10.4 Å². The predicted octanol–water partition coefficient (Wildman–Crippen LogP) is 2.10. The summed E-state index contributed by atoms with van der Waals surface area (Å²) < 4.78 is 5.11. The summed E-state index contributed by atoms with van der Waals surface area (Å²) in [7, 11) is 2.90. The van der Waals surface area contributed by atoms with Gasteiger partial charge in [0.2, 0.25) is 0 Å². The average molecular weight is 294 g/mol. The van der Waals surface area contributed by atoms with Gasteiger partial charge in [-0.15, -0.1) is 0 Å². The highest BCUT2D eigenvalue weighted by Crippen LogP contribution is 2.04. The molecule has 1 atom stereocenters. The monoisotopic (exact) mass is 294 g/mol. The van der Waals surface area contributed by atoms with E-state index in [1.807, 2.05) is 37.3 Å². The number of nitrogens with zero attached hydrogens (tertiary/aromatic N) is 1. The molecule has 1 N–H and O–H groups in total. The normalized spacial score (nSPS) is 11.6. The van der Waals surface area contributed by atoms with Crippen molar-refractivity contribution in [1.29, 1.82) is 0 Å². The van der Waals surface area contributed by atoms with Crippen molar-refractivity contribution in [3.63, 3.8) is 0 Å². The van der Waals surface area contributed by atoms with Crippen molar-refractivity contribution >= 4 is 12.0 Å². The molecule has 21 heavy (non-hydrogen) atoms. The maximum atomic E-state index is 12.0. The van der Waals surface area contributed by atoms with E-state index in [0.717, 1.165) is 17.0 Å². The van der Waals surface area contributed by atoms with E-state index in [0.29, 0.717) is 6.42 Å². The number of rotatable bonds is 7. The van der Waals surface area contributed by atoms with Crippen LogP contribution in [0.5, 0.6) is 0 Å². The van der Waals surface area contributed by atoms with Gasteiger partial charge in [-0.1, -0.05) is 43.7 Å². The number of hydrogen-bond donors (Lipinski definition) is 1. The number of alkyl carbamates (subject to hydrolysis) is 1. The lowest BCUT2D eigenvalue weighted by molar-refractivity contribution is -0.171. The van der Waals surface area contributed by atoms with Crippen molar-refractivity contribution in [2.45, 2.75) is 32.4 Å². The van der Waals surface area contributed by atoms with Gasteiger partial charge in [-0.05, 0) is 12.0 Å². The fourth-order valence-electron chi connectivity index (χ4n) is 1.76. The molecule has 0 aromatic heterocycles. The Balaban J connectivity index is 2.50. The summed E-state index contributed by atoms with van der Waals surface area (Å²) in [6, 6.07) is 8.70. The minimum absolute atomic E-state index is 0.166. The zero-order valence-corrected chi connectivity index (χ0v) is 12.7. The SMILES string of the molecule is CCC[C@H](NC(=O)OCc1ccccc1)C(=O)N(C)OC. The quantitative estimate of drug-likeness (QED) is 0.782. The smallest absolute Gasteiger partial charge is 0.408 e. The number of likely N-dealkylation sites (N-methyl/N-ethyl adjacent to an activating group) is 1. The highest BCUT2D eigenvalue weighted by Gasteiger charge is 2.23. The molecule has 0 heterocycles. The molecule has 0 aliphatic carbocycles. The van der Waals surface area contributed by atoms with Crippen LogP contribution in [0.2, 0.25) is 0 Å². The number of nitrogens with one attached hydrogen (secondary N) is 1. The van der Waals surface area contributed by atoms with E-state index in [4.69, 9.17) is 9.57 Å². The van der Waals surface area contributed by atoms with Gasteiger partial charge in [0.15, 0.2) is 0 Å². The lowest BCUT2D eigenvalue weighted by Gasteiger charge is -2.22. The fourth-order valence-corrected chi connectivity index (χ4v) is 1.76. The van der Waals surface area contributed by atoms with E-state index in [1.54, 1.807) is 0 Å². The molecule has 0 unspecified atom stereocenters. The summed E-state index contributed by atoms with van der Waals surface area (Å²) >= 11 is 0. The topological polar surface area (TPSA) is 67.9 Å². The van der Waals surface area contributed by atoms with Crippen LogP contribution in [-0.2, 0) is 21.0 Å². The Kier molecular flexibility index (Phi) is 7.25. The molecule has 0 fully saturated rings. The fraction of sp³-hybridized carbons (Fsp3) is 0.467. The van der Waals surface area contributed by atoms with Gasteiger partial charge in [-0.25, -0.2) is 9.86 Å². The lowest BCUT2D eigenvalue weighted by Crippen LogP contribution is -2.47. The summed E-state index contributed by atoms with van der Waals surface area (Å²) in [5, 5.41) is 3.67. The van der Waals surface area contributed by atoms with Crippen LogP contribution in [0.3, 0.4) is 0 Å². The van der Waals surface area contributed by atoms with Gasteiger partial charge in [-0.3, -0.25) is 9.63 Å². The first-order valence-electron chi connectivity index (χ1n) is 6.87. The lowest BCUT2D eigenvalue weighted by atomic mass is 10.1. The number of hydrogen-bond acceptors (Lipinski definition) is 4. The molecule has 0 aliphatic heterocycles. The molecule has 1 aromatic carbocycles. The van der Waals surface area contributed by atoms with E-state index < -0.39 is 12.1 Å². The zero-order chi connectivity index (χ0) is 15.7. The molecule has 1 rings (SSSR count). The van der Waals surface area contributed by atoms with E-state index in [1.165, 1.54) is 14.2 Å². The molecule has 0 aliphatic rings. The molecule has 116 valence electrons. The molecular formula is C15H22N2O4. The summed E-state index contributed by atoms with van der Waals surface area (Å²) in [4.78, 5) is 28.6. The van der Waals surface area contributed by atoms with Gasteiger partial charge in [0.25, 0.3) is 5.91 Å². The van der Waals surface area contributed by atoms with Crippen LogP contribution < -0.4 is 5.32 Å². The molecule has 2 amide bonds. The van der Waals surface area contributed by atoms with Crippen molar-refractivity contribution in [3.05, 3.63) is 35.9 Å². The van der Waals surface area contributed by atoms with Crippen molar-refractivity contribution in [3.8, 4) is 0 Å². The summed E-state index contributed by atoms with van der Waals surface area (Å²) in [6.07, 6.45) is 0.662. The van der Waals surface area contributed by atoms with E-state index in [-0.39, 0.29) is 12.5 Å². The molecule has 0 radical (unpaired) electrons. The van der Waals surface area contributed by atoms with E-state index in [9.17, 15) is 9.59 Å². The highest BCUT2D eigenvalue weighted by atomic mass is 16.7. The van der Waals surface area contributed by atoms with Gasteiger partial charge in [0.1, 0.15) is 12.6 Å². The van der Waals surface area contributed by atoms with Crippen LogP contribution in [0.1, 0.15) is 25.3 Å². The van der Waals surface area contributed by atoms with Crippen molar-refractivity contribution < 1.29 is 19.2 Å². The maximum absolute atomic E-state index is 12.0. The number of carbonyl (C=O) groups is 2. The van der Waals surface area contributed by atoms with Crippen LogP contribution in [0.15, 0.2) is 30.3 Å². The third-order valence-electron chi connectivity index (χ3n) is 2.96. The van der Waals surface area contributed by atoms with Crippen LogP contribution in [0.25, 0.3) is 0 Å². The molecule has 6 nitrogen and oxygen atoms in total. The van der Waals surface area contributed by atoms with Gasteiger partial charge in [0.05, 0.1) is 7.11 Å². The second kappa shape index (κ2) is 8.97. The second-order valence-electron chi connectivity index (χ2n) is 4.57. The Morgan fingerprint density at radius 1 is 1.29 bits per heavy atom. The maximum Gasteiger partial charge on any atom is 0.408 e. The van der Waals surface area contributed by atoms with Crippen LogP contribution in [0.4, 0.5) is 4.79 Å². The number of carbonyl (C=O) groups excluding carboxylic acids is 2. The minimum atomic E-state index is -0.650. The predicted molar refractivity (Wildman–Crippen MR) is 78.2 cm³/mol. The van der Waals surface area contributed by atoms with E-state index >= 15 is 0 Å². The molecule has 6 heteroatoms. The van der Waals surface area contributed by atoms with Crippen LogP contribution in [0, 0.1) is 0 Å². The third kappa shape index (κ3) is 5.83. The minimum Gasteiger partial charge on any atom is -0.445 e. The van der Waals surface area contributed by atoms with E-state index in [2.05, 4.69) is 5.32 Å². The Hall–Kier alpha value is -2.08. The molecule has 0 spiro atoms. The van der Waals surface area contributed by atoms with Crippen molar-refractivity contribution in [2.75, 3.05) is 14.2 Å². The molecular weight excluding hydrogens is 272 g/mol. The summed E-state index contributed by atoms with van der Waals surface area (Å²) in [6.45, 7) is 2.10. The molecule has 0 bridgehead atoms. The summed E-state index contributed by atoms with van der Waals surface area (Å²) in [5.41, 5.74) is 0.889. The number of amides is 2. The van der Waals surface area contributed by atoms with Crippen LogP contribution in [-0.4, -0.2) is 37.3 Å². The first kappa shape index (κ1) is 17.0. The second-order valence-corrected chi connectivity index (χ2v) is 4.57.